The van der Waals surface area contributed by atoms with Gasteiger partial charge in [0.15, 0.2) is 11.0 Å². The molecule has 10 heteroatoms. The summed E-state index contributed by atoms with van der Waals surface area (Å²) in [7, 11) is 1.59. The summed E-state index contributed by atoms with van der Waals surface area (Å²) in [6, 6.07) is 10.1. The molecule has 1 aromatic heterocycles. The SMILES string of the molecule is COCC(C)(C)C(=O)n1nc(C2CN(C(=O)CN3CCOCC3)C2C)nc1SCc1ccccc1. The largest absolute Gasteiger partial charge is 0.384 e. The van der Waals surface area contributed by atoms with Crippen molar-refractivity contribution in [1.29, 1.82) is 0 Å². The van der Waals surface area contributed by atoms with Crippen molar-refractivity contribution < 1.29 is 19.1 Å². The lowest BCUT2D eigenvalue weighted by molar-refractivity contribution is -0.142. The van der Waals surface area contributed by atoms with E-state index in [0.717, 1.165) is 18.7 Å². The van der Waals surface area contributed by atoms with Crippen molar-refractivity contribution in [3.63, 3.8) is 0 Å². The van der Waals surface area contributed by atoms with Gasteiger partial charge in [0.25, 0.3) is 5.91 Å². The maximum atomic E-state index is 13.4. The molecule has 4 rings (SSSR count). The fourth-order valence-electron chi connectivity index (χ4n) is 4.40. The van der Waals surface area contributed by atoms with Gasteiger partial charge in [-0.15, -0.1) is 5.10 Å². The molecule has 35 heavy (non-hydrogen) atoms. The van der Waals surface area contributed by atoms with Gasteiger partial charge in [-0.05, 0) is 26.3 Å². The Labute approximate surface area is 211 Å². The molecule has 3 heterocycles. The second-order valence-corrected chi connectivity index (χ2v) is 10.8. The van der Waals surface area contributed by atoms with E-state index in [1.165, 1.54) is 16.4 Å². The summed E-state index contributed by atoms with van der Waals surface area (Å²) in [4.78, 5) is 35.0. The second kappa shape index (κ2) is 11.2. The fraction of sp³-hybridized carbons (Fsp3) is 0.600. The van der Waals surface area contributed by atoms with Crippen LogP contribution in [0.5, 0.6) is 0 Å². The Hall–Kier alpha value is -2.27. The molecular formula is C25H35N5O4S. The number of rotatable bonds is 9. The molecule has 1 aromatic carbocycles. The van der Waals surface area contributed by atoms with Crippen LogP contribution in [-0.2, 0) is 20.0 Å². The molecule has 1 amide bonds. The highest BCUT2D eigenvalue weighted by Crippen LogP contribution is 2.35. The number of nitrogens with zero attached hydrogens (tertiary/aromatic N) is 5. The number of amides is 1. The van der Waals surface area contributed by atoms with Gasteiger partial charge in [-0.1, -0.05) is 42.1 Å². The van der Waals surface area contributed by atoms with Crippen molar-refractivity contribution >= 4 is 23.6 Å². The Morgan fingerprint density at radius 3 is 2.57 bits per heavy atom. The third kappa shape index (κ3) is 5.94. The highest BCUT2D eigenvalue weighted by Gasteiger charge is 2.43. The van der Waals surface area contributed by atoms with E-state index in [0.29, 0.717) is 43.0 Å². The number of benzene rings is 1. The molecule has 0 aliphatic carbocycles. The third-order valence-corrected chi connectivity index (χ3v) is 7.66. The minimum atomic E-state index is -0.743. The first kappa shape index (κ1) is 25.8. The summed E-state index contributed by atoms with van der Waals surface area (Å²) in [5.41, 5.74) is 0.404. The molecule has 2 aliphatic rings. The Kier molecular flexibility index (Phi) is 8.26. The second-order valence-electron chi connectivity index (χ2n) is 9.84. The smallest absolute Gasteiger partial charge is 0.257 e. The number of ether oxygens (including phenoxy) is 2. The number of hydrogen-bond acceptors (Lipinski definition) is 8. The quantitative estimate of drug-likeness (QED) is 0.485. The minimum absolute atomic E-state index is 0.000646. The van der Waals surface area contributed by atoms with Crippen molar-refractivity contribution in [3.05, 3.63) is 41.7 Å². The number of carbonyl (C=O) groups excluding carboxylic acids is 2. The first-order valence-corrected chi connectivity index (χ1v) is 13.1. The summed E-state index contributed by atoms with van der Waals surface area (Å²) in [5, 5.41) is 5.24. The summed E-state index contributed by atoms with van der Waals surface area (Å²) >= 11 is 1.50. The summed E-state index contributed by atoms with van der Waals surface area (Å²) in [6.45, 7) is 9.89. The maximum absolute atomic E-state index is 13.4. The molecule has 0 N–H and O–H groups in total. The molecule has 190 valence electrons. The summed E-state index contributed by atoms with van der Waals surface area (Å²) in [5.74, 6) is 1.26. The summed E-state index contributed by atoms with van der Waals surface area (Å²) < 4.78 is 12.1. The first-order chi connectivity index (χ1) is 16.8. The van der Waals surface area contributed by atoms with Gasteiger partial charge in [-0.3, -0.25) is 14.5 Å². The van der Waals surface area contributed by atoms with Crippen LogP contribution in [0, 0.1) is 5.41 Å². The van der Waals surface area contributed by atoms with E-state index in [9.17, 15) is 9.59 Å². The fourth-order valence-corrected chi connectivity index (χ4v) is 5.30. The molecule has 0 saturated carbocycles. The number of thioether (sulfide) groups is 1. The molecule has 2 unspecified atom stereocenters. The van der Waals surface area contributed by atoms with Crippen LogP contribution in [0.3, 0.4) is 0 Å². The molecule has 2 aliphatic heterocycles. The van der Waals surface area contributed by atoms with E-state index in [4.69, 9.17) is 14.5 Å². The zero-order valence-corrected chi connectivity index (χ0v) is 21.8. The summed E-state index contributed by atoms with van der Waals surface area (Å²) in [6.07, 6.45) is 0. The van der Waals surface area contributed by atoms with Gasteiger partial charge in [0.1, 0.15) is 0 Å². The van der Waals surface area contributed by atoms with Crippen LogP contribution in [-0.4, -0.2) is 95.5 Å². The lowest BCUT2D eigenvalue weighted by Gasteiger charge is -2.45. The number of morpholine rings is 1. The van der Waals surface area contributed by atoms with E-state index >= 15 is 0 Å². The lowest BCUT2D eigenvalue weighted by Crippen LogP contribution is -2.58. The zero-order chi connectivity index (χ0) is 25.0. The van der Waals surface area contributed by atoms with Gasteiger partial charge in [0, 0.05) is 38.5 Å². The van der Waals surface area contributed by atoms with Crippen LogP contribution in [0.25, 0.3) is 0 Å². The predicted octanol–water partition coefficient (Wildman–Crippen LogP) is 2.53. The van der Waals surface area contributed by atoms with Crippen molar-refractivity contribution in [2.75, 3.05) is 53.1 Å². The molecule has 2 saturated heterocycles. The average molecular weight is 502 g/mol. The van der Waals surface area contributed by atoms with Gasteiger partial charge in [-0.2, -0.15) is 4.68 Å². The minimum Gasteiger partial charge on any atom is -0.384 e. The predicted molar refractivity (Wildman–Crippen MR) is 133 cm³/mol. The third-order valence-electron chi connectivity index (χ3n) is 6.66. The topological polar surface area (TPSA) is 89.8 Å². The van der Waals surface area contributed by atoms with Gasteiger partial charge >= 0.3 is 0 Å². The molecule has 2 atom stereocenters. The van der Waals surface area contributed by atoms with E-state index in [-0.39, 0.29) is 30.4 Å². The molecule has 9 nitrogen and oxygen atoms in total. The van der Waals surface area contributed by atoms with Gasteiger partial charge in [-0.25, -0.2) is 4.98 Å². The van der Waals surface area contributed by atoms with Crippen molar-refractivity contribution in [3.8, 4) is 0 Å². The van der Waals surface area contributed by atoms with Gasteiger partial charge < -0.3 is 14.4 Å². The Balaban J connectivity index is 1.48. The zero-order valence-electron chi connectivity index (χ0n) is 21.0. The Morgan fingerprint density at radius 2 is 1.91 bits per heavy atom. The average Bonchev–Trinajstić information content (AvgIpc) is 3.25. The lowest BCUT2D eigenvalue weighted by atomic mass is 9.89. The van der Waals surface area contributed by atoms with Crippen LogP contribution in [0.4, 0.5) is 0 Å². The normalized spacial score (nSPS) is 21.1. The van der Waals surface area contributed by atoms with Crippen LogP contribution >= 0.6 is 11.8 Å². The van der Waals surface area contributed by atoms with Crippen molar-refractivity contribution in [1.82, 2.24) is 24.6 Å². The number of aromatic nitrogens is 3. The number of methoxy groups -OCH3 is 1. The Morgan fingerprint density at radius 1 is 1.20 bits per heavy atom. The van der Waals surface area contributed by atoms with Crippen LogP contribution in [0.2, 0.25) is 0 Å². The van der Waals surface area contributed by atoms with Crippen molar-refractivity contribution in [2.45, 2.75) is 43.6 Å². The number of hydrogen-bond donors (Lipinski definition) is 0. The molecule has 2 fully saturated rings. The van der Waals surface area contributed by atoms with Gasteiger partial charge in [0.2, 0.25) is 5.91 Å². The molecule has 2 aromatic rings. The van der Waals surface area contributed by atoms with E-state index in [1.807, 2.05) is 43.9 Å². The van der Waals surface area contributed by atoms with E-state index in [2.05, 4.69) is 22.1 Å². The highest BCUT2D eigenvalue weighted by molar-refractivity contribution is 7.98. The number of carbonyl (C=O) groups is 2. The van der Waals surface area contributed by atoms with Crippen LogP contribution < -0.4 is 0 Å². The van der Waals surface area contributed by atoms with Crippen molar-refractivity contribution in [2.24, 2.45) is 5.41 Å². The van der Waals surface area contributed by atoms with Crippen LogP contribution in [0.15, 0.2) is 35.5 Å². The molecule has 0 bridgehead atoms. The molecule has 0 spiro atoms. The maximum Gasteiger partial charge on any atom is 0.257 e. The molecule has 0 radical (unpaired) electrons. The highest BCUT2D eigenvalue weighted by atomic mass is 32.2. The van der Waals surface area contributed by atoms with E-state index < -0.39 is 5.41 Å². The van der Waals surface area contributed by atoms with Crippen LogP contribution in [0.1, 0.15) is 42.9 Å². The number of likely N-dealkylation sites (tertiary alicyclic amines) is 1. The first-order valence-electron chi connectivity index (χ1n) is 12.1. The van der Waals surface area contributed by atoms with E-state index in [1.54, 1.807) is 7.11 Å². The standard InChI is InChI=1S/C25H35N5O4S/c1-18-20(14-29(18)21(31)15-28-10-12-34-13-11-28)22-26-24(35-16-19-8-6-5-7-9-19)30(27-22)23(32)25(2,3)17-33-4/h5-9,18,20H,10-17H2,1-4H3. The van der Waals surface area contributed by atoms with Gasteiger partial charge in [0.05, 0.1) is 37.7 Å². The Bertz CT molecular complexity index is 1020. The molecular weight excluding hydrogens is 466 g/mol. The monoisotopic (exact) mass is 501 g/mol.